The Labute approximate surface area is 357 Å². The van der Waals surface area contributed by atoms with Crippen molar-refractivity contribution in [2.45, 2.75) is 39.5 Å². The molecule has 5 heterocycles. The number of likely N-dealkylation sites (tertiary alicyclic amines) is 1. The first-order chi connectivity index (χ1) is 29.2. The topological polar surface area (TPSA) is 163 Å². The van der Waals surface area contributed by atoms with Gasteiger partial charge in [0, 0.05) is 81.7 Å². The van der Waals surface area contributed by atoms with Crippen molar-refractivity contribution in [1.82, 2.24) is 24.8 Å². The maximum absolute atomic E-state index is 12.5. The number of halogens is 2. The summed E-state index contributed by atoms with van der Waals surface area (Å²) in [7, 11) is 0. The summed E-state index contributed by atoms with van der Waals surface area (Å²) in [4.78, 5) is 43.8. The monoisotopic (exact) mass is 843 g/mol. The van der Waals surface area contributed by atoms with Gasteiger partial charge in [0.25, 0.3) is 12.0 Å². The molecule has 306 valence electrons. The lowest BCUT2D eigenvalue weighted by atomic mass is 10.1. The van der Waals surface area contributed by atoms with Gasteiger partial charge in [0.05, 0.1) is 18.8 Å². The molecule has 0 aliphatic carbocycles. The van der Waals surface area contributed by atoms with E-state index < -0.39 is 0 Å². The van der Waals surface area contributed by atoms with Crippen LogP contribution in [-0.2, 0) is 16.0 Å². The molecular weight excluding hydrogens is 801 g/mol. The maximum atomic E-state index is 12.5. The number of amides is 2. The van der Waals surface area contributed by atoms with Crippen LogP contribution < -0.4 is 21.3 Å². The van der Waals surface area contributed by atoms with Crippen LogP contribution in [0.15, 0.2) is 125 Å². The smallest absolute Gasteiger partial charge is 0.299 e. The highest BCUT2D eigenvalue weighted by Crippen LogP contribution is 2.30. The molecule has 15 heteroatoms. The third-order valence-electron chi connectivity index (χ3n) is 9.70. The van der Waals surface area contributed by atoms with Crippen LogP contribution in [0.2, 0.25) is 10.0 Å². The molecule has 2 amide bonds. The number of aryl methyl sites for hydroxylation is 2. The molecule has 0 bridgehead atoms. The minimum atomic E-state index is -0.221. The van der Waals surface area contributed by atoms with E-state index in [9.17, 15) is 9.59 Å². The number of hydrogen-bond acceptors (Lipinski definition) is 11. The average Bonchev–Trinajstić information content (AvgIpc) is 4.06. The van der Waals surface area contributed by atoms with E-state index in [1.54, 1.807) is 55.4 Å². The highest BCUT2D eigenvalue weighted by atomic mass is 35.5. The second-order valence-corrected chi connectivity index (χ2v) is 14.9. The van der Waals surface area contributed by atoms with Crippen molar-refractivity contribution in [3.8, 4) is 22.6 Å². The molecule has 1 fully saturated rings. The molecule has 0 saturated carbocycles. The van der Waals surface area contributed by atoms with Crippen LogP contribution in [0.3, 0.4) is 0 Å². The lowest BCUT2D eigenvalue weighted by Gasteiger charge is -2.14. The number of aromatic nitrogens is 4. The van der Waals surface area contributed by atoms with E-state index >= 15 is 0 Å². The Morgan fingerprint density at radius 1 is 0.667 bits per heavy atom. The molecule has 0 atom stereocenters. The summed E-state index contributed by atoms with van der Waals surface area (Å²) in [6.45, 7) is 6.96. The van der Waals surface area contributed by atoms with E-state index in [1.165, 1.54) is 12.8 Å². The lowest BCUT2D eigenvalue weighted by molar-refractivity contribution is -0.117. The largest absolute Gasteiger partial charge is 0.423 e. The second kappa shape index (κ2) is 19.9. The molecule has 8 rings (SSSR count). The van der Waals surface area contributed by atoms with Gasteiger partial charge in [0.2, 0.25) is 11.8 Å². The lowest BCUT2D eigenvalue weighted by Crippen LogP contribution is -2.25. The molecule has 1 saturated heterocycles. The van der Waals surface area contributed by atoms with Crippen molar-refractivity contribution >= 4 is 69.8 Å². The van der Waals surface area contributed by atoms with Gasteiger partial charge in [-0.05, 0) is 117 Å². The Bertz CT molecular complexity index is 2520. The van der Waals surface area contributed by atoms with Crippen molar-refractivity contribution in [3.63, 3.8) is 0 Å². The first kappa shape index (κ1) is 41.6. The fraction of sp³-hybridized carbons (Fsp3) is 0.200. The van der Waals surface area contributed by atoms with Gasteiger partial charge in [-0.1, -0.05) is 41.4 Å². The van der Waals surface area contributed by atoms with Gasteiger partial charge in [0.15, 0.2) is 11.5 Å². The molecule has 7 aromatic rings. The summed E-state index contributed by atoms with van der Waals surface area (Å²) < 4.78 is 11.6. The van der Waals surface area contributed by atoms with Crippen molar-refractivity contribution in [3.05, 3.63) is 143 Å². The van der Waals surface area contributed by atoms with E-state index in [-0.39, 0.29) is 18.2 Å². The fourth-order valence-corrected chi connectivity index (χ4v) is 6.94. The van der Waals surface area contributed by atoms with Gasteiger partial charge >= 0.3 is 0 Å². The summed E-state index contributed by atoms with van der Waals surface area (Å²) in [5.41, 5.74) is 7.31. The van der Waals surface area contributed by atoms with Gasteiger partial charge < -0.3 is 35.0 Å². The van der Waals surface area contributed by atoms with Crippen LogP contribution in [-0.4, -0.2) is 56.3 Å². The van der Waals surface area contributed by atoms with Crippen molar-refractivity contribution < 1.29 is 18.4 Å². The molecule has 13 nitrogen and oxygen atoms in total. The van der Waals surface area contributed by atoms with E-state index in [1.807, 2.05) is 74.5 Å². The minimum Gasteiger partial charge on any atom is -0.423 e. The zero-order chi connectivity index (χ0) is 41.8. The van der Waals surface area contributed by atoms with Crippen LogP contribution in [0, 0.1) is 13.8 Å². The average molecular weight is 845 g/mol. The molecule has 4 aromatic heterocycles. The molecule has 3 aromatic carbocycles. The minimum absolute atomic E-state index is 0.0293. The zero-order valence-electron chi connectivity index (χ0n) is 33.0. The Morgan fingerprint density at radius 2 is 1.25 bits per heavy atom. The number of hydrogen-bond donors (Lipinski definition) is 4. The van der Waals surface area contributed by atoms with Gasteiger partial charge in [-0.25, -0.2) is 9.97 Å². The van der Waals surface area contributed by atoms with Gasteiger partial charge in [0.1, 0.15) is 0 Å². The van der Waals surface area contributed by atoms with Crippen LogP contribution in [0.1, 0.15) is 36.0 Å². The molecular formula is C45H43Cl2N9O4. The van der Waals surface area contributed by atoms with E-state index in [4.69, 9.17) is 32.0 Å². The second-order valence-electron chi connectivity index (χ2n) is 14.1. The molecule has 0 unspecified atom stereocenters. The Morgan fingerprint density at radius 3 is 1.83 bits per heavy atom. The number of oxazole rings is 2. The number of anilines is 6. The fourth-order valence-electron chi connectivity index (χ4n) is 6.41. The first-order valence-corrected chi connectivity index (χ1v) is 20.1. The number of carbonyl (C=O) groups excluding carboxylic acids is 2. The summed E-state index contributed by atoms with van der Waals surface area (Å²) >= 11 is 12.3. The summed E-state index contributed by atoms with van der Waals surface area (Å²) in [6.07, 6.45) is 13.2. The quantitative estimate of drug-likeness (QED) is 0.0873. The van der Waals surface area contributed by atoms with E-state index in [0.29, 0.717) is 51.3 Å². The number of carbonyl (C=O) groups is 2. The van der Waals surface area contributed by atoms with Crippen molar-refractivity contribution in [2.24, 2.45) is 0 Å². The Kier molecular flexibility index (Phi) is 13.8. The van der Waals surface area contributed by atoms with Crippen LogP contribution >= 0.6 is 23.2 Å². The Balaban J connectivity index is 0.000000182. The van der Waals surface area contributed by atoms with Crippen LogP contribution in [0.4, 0.5) is 34.8 Å². The summed E-state index contributed by atoms with van der Waals surface area (Å²) in [5.74, 6) is 1.08. The van der Waals surface area contributed by atoms with Gasteiger partial charge in [-0.15, -0.1) is 0 Å². The molecule has 1 aliphatic heterocycles. The van der Waals surface area contributed by atoms with Crippen LogP contribution in [0.5, 0.6) is 0 Å². The number of benzene rings is 3. The number of nitrogens with one attached hydrogen (secondary N) is 4. The highest BCUT2D eigenvalue weighted by molar-refractivity contribution is 6.36. The van der Waals surface area contributed by atoms with Crippen molar-refractivity contribution in [2.75, 3.05) is 40.9 Å². The molecule has 60 heavy (non-hydrogen) atoms. The summed E-state index contributed by atoms with van der Waals surface area (Å²) in [5, 5.41) is 13.1. The zero-order valence-corrected chi connectivity index (χ0v) is 34.6. The summed E-state index contributed by atoms with van der Waals surface area (Å²) in [6, 6.07) is 24.7. The SMILES string of the molecule is Cc1ccc(NC(=O)CCN2CCCC2)cc1Nc1ncc(-c2cccnc2)o1.Cc1ccc(NC(=O)Cc2c(Cl)cccc2Cl)cc1Nc1ncc(-c2ccncc2)o1. The Hall–Kier alpha value is -6.54. The number of nitrogens with zero attached hydrogens (tertiary/aromatic N) is 5. The number of pyridine rings is 2. The van der Waals surface area contributed by atoms with Gasteiger partial charge in [-0.2, -0.15) is 0 Å². The highest BCUT2D eigenvalue weighted by Gasteiger charge is 2.15. The maximum Gasteiger partial charge on any atom is 0.299 e. The third kappa shape index (κ3) is 11.3. The molecule has 1 aliphatic rings. The molecule has 0 radical (unpaired) electrons. The standard InChI is InChI=1S/C23H18Cl2N4O2.C22H25N5O2/c1-14-5-6-16(28-22(30)12-17-18(24)3-2-4-19(17)25)11-20(14)29-23-27-13-21(31-23)15-7-9-26-10-8-15;1-16-6-7-18(25-21(28)8-12-27-10-2-3-11-27)13-19(16)26-22-24-15-20(29-22)17-5-4-9-23-14-17/h2-11,13H,12H2,1H3,(H,27,29)(H,28,30);4-7,9,13-15H,2-3,8,10-12H2,1H3,(H,24,26)(H,25,28). The normalized spacial score (nSPS) is 12.3. The van der Waals surface area contributed by atoms with Crippen LogP contribution in [0.25, 0.3) is 22.6 Å². The third-order valence-corrected chi connectivity index (χ3v) is 10.4. The molecule has 0 spiro atoms. The molecule has 4 N–H and O–H groups in total. The van der Waals surface area contributed by atoms with Gasteiger partial charge in [-0.3, -0.25) is 19.6 Å². The van der Waals surface area contributed by atoms with E-state index in [0.717, 1.165) is 59.0 Å². The van der Waals surface area contributed by atoms with Crippen molar-refractivity contribution in [1.29, 1.82) is 0 Å². The van der Waals surface area contributed by atoms with E-state index in [2.05, 4.69) is 46.1 Å². The number of rotatable bonds is 13. The predicted octanol–water partition coefficient (Wildman–Crippen LogP) is 10.5. The first-order valence-electron chi connectivity index (χ1n) is 19.4. The predicted molar refractivity (Wildman–Crippen MR) is 236 cm³/mol.